The van der Waals surface area contributed by atoms with Gasteiger partial charge in [-0.05, 0) is 23.4 Å². The Bertz CT molecular complexity index is 707. The summed E-state index contributed by atoms with van der Waals surface area (Å²) in [5.41, 5.74) is 1.52. The minimum absolute atomic E-state index is 0.304. The lowest BCUT2D eigenvalue weighted by Crippen LogP contribution is -1.97. The van der Waals surface area contributed by atoms with Crippen molar-refractivity contribution in [1.29, 1.82) is 0 Å². The Hall–Kier alpha value is -1.75. The highest BCUT2D eigenvalue weighted by Crippen LogP contribution is 2.29. The van der Waals surface area contributed by atoms with Gasteiger partial charge in [-0.1, -0.05) is 23.7 Å². The molecule has 0 N–H and O–H groups in total. The predicted octanol–water partition coefficient (Wildman–Crippen LogP) is 2.38. The molecule has 3 rings (SSSR count). The fourth-order valence-electron chi connectivity index (χ4n) is 1.78. The molecule has 6 heteroatoms. The number of benzene rings is 1. The summed E-state index contributed by atoms with van der Waals surface area (Å²) in [6.45, 7) is 1.80. The Morgan fingerprint density at radius 1 is 1.38 bits per heavy atom. The fourth-order valence-corrected chi connectivity index (χ4v) is 2.02. The number of aryl methyl sites for hydroxylation is 1. The van der Waals surface area contributed by atoms with Crippen LogP contribution in [-0.2, 0) is 0 Å². The number of tetrazole rings is 1. The minimum Gasteiger partial charge on any atom is -0.205 e. The molecule has 2 heterocycles. The number of fused-ring (bicyclic) bond motifs is 3. The molecule has 80 valence electrons. The zero-order valence-corrected chi connectivity index (χ0v) is 9.03. The molecule has 0 aliphatic rings. The van der Waals surface area contributed by atoms with E-state index in [0.29, 0.717) is 21.6 Å². The summed E-state index contributed by atoms with van der Waals surface area (Å²) in [5, 5.41) is 12.2. The average Bonchev–Trinajstić information content (AvgIpc) is 2.74. The standard InChI is InChI=1S/C10H6ClFN4/c1-5-8(11)6-3-2-4-7(12)9(6)16-10(5)13-14-15-16/h2-4H,1H3. The second-order valence-electron chi connectivity index (χ2n) is 3.49. The quantitative estimate of drug-likeness (QED) is 0.602. The molecular weight excluding hydrogens is 231 g/mol. The van der Waals surface area contributed by atoms with Crippen molar-refractivity contribution < 1.29 is 4.39 Å². The lowest BCUT2D eigenvalue weighted by molar-refractivity contribution is 0.631. The Morgan fingerprint density at radius 2 is 2.19 bits per heavy atom. The molecule has 3 aromatic rings. The van der Waals surface area contributed by atoms with Crippen LogP contribution in [0.25, 0.3) is 16.6 Å². The Kier molecular flexibility index (Phi) is 1.85. The van der Waals surface area contributed by atoms with Gasteiger partial charge in [0.2, 0.25) is 0 Å². The Morgan fingerprint density at radius 3 is 3.00 bits per heavy atom. The number of hydrogen-bond acceptors (Lipinski definition) is 3. The van der Waals surface area contributed by atoms with Gasteiger partial charge in [0.25, 0.3) is 0 Å². The molecule has 16 heavy (non-hydrogen) atoms. The van der Waals surface area contributed by atoms with Crippen molar-refractivity contribution in [3.63, 3.8) is 0 Å². The highest BCUT2D eigenvalue weighted by Gasteiger charge is 2.14. The molecule has 0 bridgehead atoms. The molecule has 2 aromatic heterocycles. The van der Waals surface area contributed by atoms with E-state index in [4.69, 9.17) is 11.6 Å². The lowest BCUT2D eigenvalue weighted by Gasteiger charge is -2.06. The third-order valence-corrected chi connectivity index (χ3v) is 3.06. The third kappa shape index (κ3) is 1.06. The fraction of sp³-hybridized carbons (Fsp3) is 0.100. The summed E-state index contributed by atoms with van der Waals surface area (Å²) < 4.78 is 15.1. The van der Waals surface area contributed by atoms with Crippen molar-refractivity contribution in [3.05, 3.63) is 34.6 Å². The molecule has 0 aliphatic heterocycles. The zero-order valence-electron chi connectivity index (χ0n) is 8.28. The topological polar surface area (TPSA) is 43.1 Å². The largest absolute Gasteiger partial charge is 0.205 e. The van der Waals surface area contributed by atoms with Gasteiger partial charge in [0.05, 0.1) is 5.02 Å². The number of pyridine rings is 1. The number of hydrogen-bond donors (Lipinski definition) is 0. The van der Waals surface area contributed by atoms with Crippen LogP contribution in [0.4, 0.5) is 4.39 Å². The summed E-state index contributed by atoms with van der Waals surface area (Å²) in [4.78, 5) is 0. The van der Waals surface area contributed by atoms with Gasteiger partial charge in [0, 0.05) is 10.9 Å². The third-order valence-electron chi connectivity index (χ3n) is 2.57. The number of rotatable bonds is 0. The average molecular weight is 237 g/mol. The van der Waals surface area contributed by atoms with E-state index >= 15 is 0 Å². The molecular formula is C10H6ClFN4. The van der Waals surface area contributed by atoms with E-state index in [0.717, 1.165) is 5.56 Å². The summed E-state index contributed by atoms with van der Waals surface area (Å²) in [6, 6.07) is 4.71. The van der Waals surface area contributed by atoms with Gasteiger partial charge >= 0.3 is 0 Å². The van der Waals surface area contributed by atoms with Gasteiger partial charge in [-0.25, -0.2) is 4.39 Å². The van der Waals surface area contributed by atoms with Crippen LogP contribution in [0, 0.1) is 12.7 Å². The molecule has 1 aromatic carbocycles. The molecule has 0 amide bonds. The van der Waals surface area contributed by atoms with E-state index in [1.165, 1.54) is 10.6 Å². The number of nitrogens with zero attached hydrogens (tertiary/aromatic N) is 4. The summed E-state index contributed by atoms with van der Waals surface area (Å²) in [7, 11) is 0. The van der Waals surface area contributed by atoms with Crippen molar-refractivity contribution >= 4 is 28.2 Å². The minimum atomic E-state index is -0.392. The normalized spacial score (nSPS) is 11.4. The Labute approximate surface area is 94.6 Å². The van der Waals surface area contributed by atoms with Crippen LogP contribution in [0.2, 0.25) is 5.02 Å². The molecule has 0 radical (unpaired) electrons. The molecule has 0 aliphatic carbocycles. The summed E-state index contributed by atoms with van der Waals surface area (Å²) >= 11 is 6.16. The van der Waals surface area contributed by atoms with Crippen LogP contribution >= 0.6 is 11.6 Å². The number of para-hydroxylation sites is 1. The first kappa shape index (κ1) is 9.47. The second kappa shape index (κ2) is 3.12. The smallest absolute Gasteiger partial charge is 0.184 e. The van der Waals surface area contributed by atoms with Gasteiger partial charge in [-0.15, -0.1) is 5.10 Å². The first-order valence-corrected chi connectivity index (χ1v) is 5.02. The number of halogens is 2. The van der Waals surface area contributed by atoms with Gasteiger partial charge < -0.3 is 0 Å². The monoisotopic (exact) mass is 236 g/mol. The van der Waals surface area contributed by atoms with Gasteiger partial charge in [0.1, 0.15) is 11.3 Å². The van der Waals surface area contributed by atoms with Crippen LogP contribution in [-0.4, -0.2) is 20.0 Å². The van der Waals surface area contributed by atoms with E-state index in [1.54, 1.807) is 19.1 Å². The molecule has 4 nitrogen and oxygen atoms in total. The lowest BCUT2D eigenvalue weighted by atomic mass is 10.1. The number of aromatic nitrogens is 4. The van der Waals surface area contributed by atoms with Crippen LogP contribution in [0.5, 0.6) is 0 Å². The second-order valence-corrected chi connectivity index (χ2v) is 3.87. The molecule has 0 saturated carbocycles. The van der Waals surface area contributed by atoms with Crippen molar-refractivity contribution in [2.75, 3.05) is 0 Å². The zero-order chi connectivity index (χ0) is 11.3. The SMILES string of the molecule is Cc1c(Cl)c2cccc(F)c2n2nnnc12. The maximum Gasteiger partial charge on any atom is 0.184 e. The van der Waals surface area contributed by atoms with Gasteiger partial charge in [-0.2, -0.15) is 4.52 Å². The highest BCUT2D eigenvalue weighted by molar-refractivity contribution is 6.36. The van der Waals surface area contributed by atoms with Crippen molar-refractivity contribution in [2.45, 2.75) is 6.92 Å². The van der Waals surface area contributed by atoms with Crippen molar-refractivity contribution in [1.82, 2.24) is 20.0 Å². The molecule has 0 saturated heterocycles. The first-order valence-electron chi connectivity index (χ1n) is 4.64. The maximum atomic E-state index is 13.7. The van der Waals surface area contributed by atoms with Crippen LogP contribution in [0.15, 0.2) is 18.2 Å². The van der Waals surface area contributed by atoms with E-state index in [2.05, 4.69) is 15.5 Å². The van der Waals surface area contributed by atoms with E-state index in [-0.39, 0.29) is 0 Å². The summed E-state index contributed by atoms with van der Waals surface area (Å²) in [5.74, 6) is -0.392. The predicted molar refractivity (Wildman–Crippen MR) is 58.0 cm³/mol. The Balaban J connectivity index is 2.72. The first-order chi connectivity index (χ1) is 7.70. The van der Waals surface area contributed by atoms with E-state index in [1.807, 2.05) is 0 Å². The van der Waals surface area contributed by atoms with E-state index in [9.17, 15) is 4.39 Å². The summed E-state index contributed by atoms with van der Waals surface area (Å²) in [6.07, 6.45) is 0. The van der Waals surface area contributed by atoms with Crippen molar-refractivity contribution in [3.8, 4) is 0 Å². The van der Waals surface area contributed by atoms with E-state index < -0.39 is 5.82 Å². The molecule has 0 spiro atoms. The maximum absolute atomic E-state index is 13.7. The van der Waals surface area contributed by atoms with Crippen LogP contribution < -0.4 is 0 Å². The highest BCUT2D eigenvalue weighted by atomic mass is 35.5. The van der Waals surface area contributed by atoms with Gasteiger partial charge in [0.15, 0.2) is 5.65 Å². The molecule has 0 unspecified atom stereocenters. The molecule has 0 atom stereocenters. The van der Waals surface area contributed by atoms with Crippen LogP contribution in [0.1, 0.15) is 5.56 Å². The van der Waals surface area contributed by atoms with Crippen LogP contribution in [0.3, 0.4) is 0 Å². The molecule has 0 fully saturated rings. The van der Waals surface area contributed by atoms with Crippen molar-refractivity contribution in [2.24, 2.45) is 0 Å². The van der Waals surface area contributed by atoms with Gasteiger partial charge in [-0.3, -0.25) is 0 Å².